The maximum atomic E-state index is 13.5. The van der Waals surface area contributed by atoms with Gasteiger partial charge in [0.05, 0.1) is 40.2 Å². The molecule has 8 heteroatoms. The van der Waals surface area contributed by atoms with Gasteiger partial charge in [-0.1, -0.05) is 30.3 Å². The molecule has 1 amide bonds. The van der Waals surface area contributed by atoms with Gasteiger partial charge in [0.1, 0.15) is 0 Å². The molecule has 0 saturated carbocycles. The zero-order valence-electron chi connectivity index (χ0n) is 18.9. The summed E-state index contributed by atoms with van der Waals surface area (Å²) in [5, 5.41) is 9.36. The van der Waals surface area contributed by atoms with E-state index in [1.807, 2.05) is 42.5 Å². The second kappa shape index (κ2) is 9.52. The van der Waals surface area contributed by atoms with Gasteiger partial charge in [-0.15, -0.1) is 0 Å². The van der Waals surface area contributed by atoms with Gasteiger partial charge in [-0.25, -0.2) is 5.01 Å². The Kier molecular flexibility index (Phi) is 6.35. The Labute approximate surface area is 192 Å². The molecule has 3 aromatic carbocycles. The number of hydrogen-bond donors (Lipinski definition) is 1. The van der Waals surface area contributed by atoms with E-state index in [0.29, 0.717) is 45.4 Å². The maximum absolute atomic E-state index is 13.5. The fraction of sp³-hybridized carbons (Fsp3) is 0.200. The normalized spacial score (nSPS) is 15.1. The highest BCUT2D eigenvalue weighted by molar-refractivity contribution is 6.02. The first-order valence-corrected chi connectivity index (χ1v) is 10.3. The number of hydrogen-bond acceptors (Lipinski definition) is 7. The molecule has 1 N–H and O–H groups in total. The molecule has 0 aliphatic carbocycles. The van der Waals surface area contributed by atoms with Crippen molar-refractivity contribution < 1.29 is 23.7 Å². The quantitative estimate of drug-likeness (QED) is 0.543. The number of rotatable bonds is 7. The third-order valence-electron chi connectivity index (χ3n) is 5.38. The van der Waals surface area contributed by atoms with Crippen LogP contribution in [0.25, 0.3) is 0 Å². The molecule has 0 radical (unpaired) electrons. The van der Waals surface area contributed by atoms with Crippen molar-refractivity contribution in [1.29, 1.82) is 0 Å². The zero-order valence-corrected chi connectivity index (χ0v) is 18.9. The summed E-state index contributed by atoms with van der Waals surface area (Å²) < 4.78 is 22.0. The van der Waals surface area contributed by atoms with E-state index in [0.717, 1.165) is 0 Å². The fourth-order valence-corrected chi connectivity index (χ4v) is 3.84. The molecule has 0 unspecified atom stereocenters. The molecule has 1 aliphatic rings. The van der Waals surface area contributed by atoms with Crippen molar-refractivity contribution in [3.05, 3.63) is 77.4 Å². The van der Waals surface area contributed by atoms with Gasteiger partial charge in [-0.3, -0.25) is 4.79 Å². The lowest BCUT2D eigenvalue weighted by atomic mass is 10.0. The predicted molar refractivity (Wildman–Crippen MR) is 126 cm³/mol. The highest BCUT2D eigenvalue weighted by Gasteiger charge is 2.35. The van der Waals surface area contributed by atoms with Gasteiger partial charge < -0.3 is 24.3 Å². The molecular weight excluding hydrogens is 422 g/mol. The largest absolute Gasteiger partial charge is 0.493 e. The Morgan fingerprint density at radius 3 is 2.18 bits per heavy atom. The number of nitrogens with one attached hydrogen (secondary N) is 1. The Balaban J connectivity index is 1.83. The van der Waals surface area contributed by atoms with Crippen LogP contribution in [-0.4, -0.2) is 45.6 Å². The van der Waals surface area contributed by atoms with E-state index in [-0.39, 0.29) is 5.91 Å². The monoisotopic (exact) mass is 447 g/mol. The van der Waals surface area contributed by atoms with Crippen molar-refractivity contribution in [2.75, 3.05) is 33.8 Å². The van der Waals surface area contributed by atoms with Gasteiger partial charge in [0.25, 0.3) is 5.91 Å². The molecule has 0 saturated heterocycles. The van der Waals surface area contributed by atoms with E-state index in [1.165, 1.54) is 5.01 Å². The first kappa shape index (κ1) is 22.0. The summed E-state index contributed by atoms with van der Waals surface area (Å²) in [6, 6.07) is 18.3. The van der Waals surface area contributed by atoms with Gasteiger partial charge >= 0.3 is 0 Å². The highest BCUT2D eigenvalue weighted by Crippen LogP contribution is 2.41. The minimum absolute atomic E-state index is 0.252. The number of amides is 1. The summed E-state index contributed by atoms with van der Waals surface area (Å²) in [5.74, 6) is 1.92. The van der Waals surface area contributed by atoms with Crippen LogP contribution in [0.3, 0.4) is 0 Å². The van der Waals surface area contributed by atoms with Crippen LogP contribution in [0.15, 0.2) is 65.8 Å². The predicted octanol–water partition coefficient (Wildman–Crippen LogP) is 4.32. The number of nitrogens with zero attached hydrogens (tertiary/aromatic N) is 2. The van der Waals surface area contributed by atoms with Crippen LogP contribution in [0, 0.1) is 0 Å². The summed E-state index contributed by atoms with van der Waals surface area (Å²) >= 11 is 0. The molecule has 33 heavy (non-hydrogen) atoms. The molecule has 4 rings (SSSR count). The topological polar surface area (TPSA) is 81.6 Å². The molecule has 8 nitrogen and oxygen atoms in total. The van der Waals surface area contributed by atoms with Crippen LogP contribution in [0.1, 0.15) is 27.7 Å². The van der Waals surface area contributed by atoms with Gasteiger partial charge in [-0.05, 0) is 30.3 Å². The fourth-order valence-electron chi connectivity index (χ4n) is 3.84. The van der Waals surface area contributed by atoms with Crippen molar-refractivity contribution >= 4 is 17.8 Å². The molecule has 0 fully saturated rings. The van der Waals surface area contributed by atoms with Crippen LogP contribution >= 0.6 is 0 Å². The first-order valence-electron chi connectivity index (χ1n) is 10.3. The number of anilines is 1. The second-order valence-corrected chi connectivity index (χ2v) is 7.15. The number of fused-ring (bicyclic) bond motifs is 1. The minimum Gasteiger partial charge on any atom is -0.493 e. The van der Waals surface area contributed by atoms with Crippen LogP contribution in [0.2, 0.25) is 0 Å². The van der Waals surface area contributed by atoms with E-state index in [2.05, 4.69) is 10.4 Å². The molecule has 0 spiro atoms. The number of methoxy groups -OCH3 is 4. The van der Waals surface area contributed by atoms with Crippen LogP contribution in [0.5, 0.6) is 23.0 Å². The number of para-hydroxylation sites is 3. The molecular formula is C25H25N3O5. The lowest BCUT2D eigenvalue weighted by Gasteiger charge is -2.35. The Morgan fingerprint density at radius 1 is 0.818 bits per heavy atom. The lowest BCUT2D eigenvalue weighted by molar-refractivity contribution is 0.0689. The lowest BCUT2D eigenvalue weighted by Crippen LogP contribution is -2.39. The second-order valence-electron chi connectivity index (χ2n) is 7.15. The van der Waals surface area contributed by atoms with Gasteiger partial charge in [0, 0.05) is 16.8 Å². The third-order valence-corrected chi connectivity index (χ3v) is 5.38. The van der Waals surface area contributed by atoms with Crippen molar-refractivity contribution in [3.8, 4) is 23.0 Å². The van der Waals surface area contributed by atoms with Crippen molar-refractivity contribution in [1.82, 2.24) is 5.01 Å². The molecule has 1 aliphatic heterocycles. The van der Waals surface area contributed by atoms with Crippen LogP contribution in [-0.2, 0) is 0 Å². The van der Waals surface area contributed by atoms with Crippen molar-refractivity contribution in [2.45, 2.75) is 6.17 Å². The van der Waals surface area contributed by atoms with E-state index < -0.39 is 6.17 Å². The number of benzene rings is 3. The highest BCUT2D eigenvalue weighted by atomic mass is 16.5. The SMILES string of the molecule is COc1cccc(/C=N\N2C(=O)c3ccccc3N[C@H]2c2cccc(OC)c2OC)c1OC. The molecule has 1 heterocycles. The smallest absolute Gasteiger partial charge is 0.278 e. The Morgan fingerprint density at radius 2 is 1.48 bits per heavy atom. The maximum Gasteiger partial charge on any atom is 0.278 e. The van der Waals surface area contributed by atoms with E-state index >= 15 is 0 Å². The molecule has 0 aromatic heterocycles. The van der Waals surface area contributed by atoms with E-state index in [1.54, 1.807) is 52.9 Å². The third kappa shape index (κ3) is 4.03. The average Bonchev–Trinajstić information content (AvgIpc) is 2.87. The summed E-state index contributed by atoms with van der Waals surface area (Å²) in [4.78, 5) is 13.5. The van der Waals surface area contributed by atoms with E-state index in [4.69, 9.17) is 18.9 Å². The Bertz CT molecular complexity index is 1190. The summed E-state index contributed by atoms with van der Waals surface area (Å²) in [6.45, 7) is 0. The summed E-state index contributed by atoms with van der Waals surface area (Å²) in [5.41, 5.74) is 2.60. The molecule has 1 atom stereocenters. The molecule has 170 valence electrons. The number of hydrazone groups is 1. The zero-order chi connectivity index (χ0) is 23.4. The van der Waals surface area contributed by atoms with E-state index in [9.17, 15) is 4.79 Å². The van der Waals surface area contributed by atoms with Crippen molar-refractivity contribution in [2.24, 2.45) is 5.10 Å². The Hall–Kier alpha value is -4.20. The first-order chi connectivity index (χ1) is 16.1. The van der Waals surface area contributed by atoms with Crippen molar-refractivity contribution in [3.63, 3.8) is 0 Å². The standard InChI is InChI=1S/C25H25N3O5/c1-30-20-13-7-9-16(22(20)32-3)15-26-28-24(18-11-8-14-21(31-2)23(18)33-4)27-19-12-6-5-10-17(19)25(28)29/h5-15,24,27H,1-4H3/b26-15-/t24-/m1/s1. The molecule has 3 aromatic rings. The number of carbonyl (C=O) groups excluding carboxylic acids is 1. The summed E-state index contributed by atoms with van der Waals surface area (Å²) in [6.07, 6.45) is 0.944. The van der Waals surface area contributed by atoms with Gasteiger partial charge in [0.2, 0.25) is 0 Å². The van der Waals surface area contributed by atoms with Gasteiger partial charge in [0.15, 0.2) is 29.2 Å². The number of ether oxygens (including phenoxy) is 4. The summed E-state index contributed by atoms with van der Waals surface area (Å²) in [7, 11) is 6.26. The van der Waals surface area contributed by atoms with Gasteiger partial charge in [-0.2, -0.15) is 5.10 Å². The van der Waals surface area contributed by atoms with Crippen LogP contribution < -0.4 is 24.3 Å². The average molecular weight is 447 g/mol. The molecule has 0 bridgehead atoms. The minimum atomic E-state index is -0.634. The van der Waals surface area contributed by atoms with Crippen LogP contribution in [0.4, 0.5) is 5.69 Å². The number of carbonyl (C=O) groups is 1.